The largest absolute Gasteiger partial charge is 0.388 e. The van der Waals surface area contributed by atoms with Crippen LogP contribution in [0.4, 0.5) is 5.69 Å². The van der Waals surface area contributed by atoms with Crippen LogP contribution in [0.3, 0.4) is 0 Å². The molecule has 3 rings (SSSR count). The van der Waals surface area contributed by atoms with Crippen molar-refractivity contribution in [3.63, 3.8) is 0 Å². The van der Waals surface area contributed by atoms with Crippen molar-refractivity contribution in [1.29, 1.82) is 0 Å². The van der Waals surface area contributed by atoms with Crippen molar-refractivity contribution in [2.45, 2.75) is 24.9 Å². The van der Waals surface area contributed by atoms with Gasteiger partial charge in [-0.1, -0.05) is 23.4 Å². The van der Waals surface area contributed by atoms with E-state index in [1.807, 2.05) is 0 Å². The maximum absolute atomic E-state index is 5.59. The summed E-state index contributed by atoms with van der Waals surface area (Å²) in [6.07, 6.45) is 3.01. The number of hydrogen-bond donors (Lipinski definition) is 0. The van der Waals surface area contributed by atoms with E-state index in [2.05, 4.69) is 56.3 Å². The first kappa shape index (κ1) is 11.1. The number of anilines is 1. The van der Waals surface area contributed by atoms with Crippen molar-refractivity contribution in [2.75, 3.05) is 18.0 Å². The summed E-state index contributed by atoms with van der Waals surface area (Å²) in [6.45, 7) is 2.08. The van der Waals surface area contributed by atoms with E-state index in [1.165, 1.54) is 5.69 Å². The zero-order valence-corrected chi connectivity index (χ0v) is 11.2. The molecule has 2 aliphatic rings. The van der Waals surface area contributed by atoms with Crippen LogP contribution >= 0.6 is 15.9 Å². The van der Waals surface area contributed by atoms with Gasteiger partial charge in [0.25, 0.3) is 0 Å². The molecule has 1 spiro atoms. The summed E-state index contributed by atoms with van der Waals surface area (Å²) in [5.74, 6) is 0. The van der Waals surface area contributed by atoms with Crippen molar-refractivity contribution >= 4 is 26.2 Å². The number of para-hydroxylation sites is 1. The molecule has 17 heavy (non-hydrogen) atoms. The fraction of sp³-hybridized carbons (Fsp3) is 0.462. The van der Waals surface area contributed by atoms with Crippen molar-refractivity contribution < 1.29 is 4.84 Å². The topological polar surface area (TPSA) is 24.8 Å². The molecule has 0 aliphatic carbocycles. The molecule has 1 aromatic rings. The predicted molar refractivity (Wildman–Crippen MR) is 72.7 cm³/mol. The standard InChI is InChI=1S/C13H15BrN2O/c14-12-10-13(17-15-12)6-8-16(9-7-13)11-4-2-1-3-5-11/h1-5H,6-10H2. The third-order valence-electron chi connectivity index (χ3n) is 3.60. The molecule has 4 heteroatoms. The normalized spacial score (nSPS) is 22.4. The molecule has 0 radical (unpaired) electrons. The molecule has 0 unspecified atom stereocenters. The van der Waals surface area contributed by atoms with Crippen LogP contribution in [0.25, 0.3) is 0 Å². The first-order valence-corrected chi connectivity index (χ1v) is 6.77. The summed E-state index contributed by atoms with van der Waals surface area (Å²) >= 11 is 3.42. The highest BCUT2D eigenvalue weighted by atomic mass is 79.9. The number of rotatable bonds is 1. The Bertz CT molecular complexity index is 424. The number of nitrogens with zero attached hydrogens (tertiary/aromatic N) is 2. The minimum absolute atomic E-state index is 0.0376. The zero-order chi connectivity index (χ0) is 11.7. The number of benzene rings is 1. The summed E-state index contributed by atoms with van der Waals surface area (Å²) < 4.78 is 0.950. The molecule has 2 heterocycles. The third kappa shape index (κ3) is 2.18. The van der Waals surface area contributed by atoms with Crippen molar-refractivity contribution in [3.8, 4) is 0 Å². The molecule has 1 fully saturated rings. The van der Waals surface area contributed by atoms with E-state index in [9.17, 15) is 0 Å². The zero-order valence-electron chi connectivity index (χ0n) is 9.60. The van der Waals surface area contributed by atoms with Gasteiger partial charge in [-0.15, -0.1) is 0 Å². The van der Waals surface area contributed by atoms with Crippen LogP contribution in [-0.4, -0.2) is 23.3 Å². The highest BCUT2D eigenvalue weighted by molar-refractivity contribution is 9.18. The molecule has 90 valence electrons. The van der Waals surface area contributed by atoms with Gasteiger partial charge in [0.05, 0.1) is 0 Å². The second kappa shape index (κ2) is 4.33. The fourth-order valence-electron chi connectivity index (χ4n) is 2.56. The lowest BCUT2D eigenvalue weighted by Gasteiger charge is -2.38. The van der Waals surface area contributed by atoms with Gasteiger partial charge >= 0.3 is 0 Å². The molecule has 0 atom stereocenters. The Balaban J connectivity index is 1.65. The minimum atomic E-state index is -0.0376. The second-order valence-corrected chi connectivity index (χ2v) is 5.66. The lowest BCUT2D eigenvalue weighted by Crippen LogP contribution is -2.44. The average Bonchev–Trinajstić information content (AvgIpc) is 2.73. The van der Waals surface area contributed by atoms with E-state index in [-0.39, 0.29) is 5.60 Å². The molecule has 0 aromatic heterocycles. The van der Waals surface area contributed by atoms with Crippen molar-refractivity contribution in [2.24, 2.45) is 5.16 Å². The first-order chi connectivity index (χ1) is 8.27. The van der Waals surface area contributed by atoms with E-state index >= 15 is 0 Å². The summed E-state index contributed by atoms with van der Waals surface area (Å²) in [6, 6.07) is 10.6. The molecule has 1 saturated heterocycles. The lowest BCUT2D eigenvalue weighted by molar-refractivity contribution is -0.0359. The van der Waals surface area contributed by atoms with Gasteiger partial charge in [0.2, 0.25) is 0 Å². The minimum Gasteiger partial charge on any atom is -0.388 e. The van der Waals surface area contributed by atoms with Gasteiger partial charge in [-0.25, -0.2) is 0 Å². The molecule has 0 N–H and O–H groups in total. The molecule has 0 bridgehead atoms. The van der Waals surface area contributed by atoms with Crippen LogP contribution in [0, 0.1) is 0 Å². The summed E-state index contributed by atoms with van der Waals surface area (Å²) in [4.78, 5) is 8.01. The Labute approximate surface area is 110 Å². The molecular formula is C13H15BrN2O. The van der Waals surface area contributed by atoms with E-state index in [0.717, 1.165) is 37.0 Å². The Kier molecular flexibility index (Phi) is 2.82. The van der Waals surface area contributed by atoms with Crippen LogP contribution in [0.5, 0.6) is 0 Å². The van der Waals surface area contributed by atoms with Crippen molar-refractivity contribution in [3.05, 3.63) is 30.3 Å². The quantitative estimate of drug-likeness (QED) is 0.795. The number of hydrogen-bond acceptors (Lipinski definition) is 3. The predicted octanol–water partition coefficient (Wildman–Crippen LogP) is 3.15. The Hall–Kier alpha value is -1.03. The molecule has 0 saturated carbocycles. The van der Waals surface area contributed by atoms with Gasteiger partial charge in [0, 0.05) is 38.0 Å². The Morgan fingerprint density at radius 1 is 1.18 bits per heavy atom. The SMILES string of the molecule is BrC1=NOC2(CCN(c3ccccc3)CC2)C1. The third-order valence-corrected chi connectivity index (χ3v) is 4.03. The molecule has 2 aliphatic heterocycles. The van der Waals surface area contributed by atoms with Gasteiger partial charge < -0.3 is 9.74 Å². The van der Waals surface area contributed by atoms with Crippen LogP contribution < -0.4 is 4.90 Å². The lowest BCUT2D eigenvalue weighted by atomic mass is 9.89. The van der Waals surface area contributed by atoms with Crippen LogP contribution in [0.15, 0.2) is 35.5 Å². The molecular weight excluding hydrogens is 280 g/mol. The number of piperidine rings is 1. The average molecular weight is 295 g/mol. The van der Waals surface area contributed by atoms with Gasteiger partial charge in [-0.3, -0.25) is 0 Å². The Morgan fingerprint density at radius 2 is 1.88 bits per heavy atom. The summed E-state index contributed by atoms with van der Waals surface area (Å²) in [5.41, 5.74) is 1.27. The second-order valence-electron chi connectivity index (χ2n) is 4.74. The highest BCUT2D eigenvalue weighted by Gasteiger charge is 2.41. The maximum atomic E-state index is 5.59. The van der Waals surface area contributed by atoms with E-state index in [4.69, 9.17) is 4.84 Å². The summed E-state index contributed by atoms with van der Waals surface area (Å²) in [5, 5.41) is 4.03. The highest BCUT2D eigenvalue weighted by Crippen LogP contribution is 2.36. The van der Waals surface area contributed by atoms with Gasteiger partial charge in [0.1, 0.15) is 10.2 Å². The van der Waals surface area contributed by atoms with Gasteiger partial charge in [0.15, 0.2) is 0 Å². The maximum Gasteiger partial charge on any atom is 0.147 e. The molecule has 0 amide bonds. The number of halogens is 1. The van der Waals surface area contributed by atoms with Crippen LogP contribution in [0.1, 0.15) is 19.3 Å². The fourth-order valence-corrected chi connectivity index (χ4v) is 3.14. The molecule has 1 aromatic carbocycles. The smallest absolute Gasteiger partial charge is 0.147 e. The Morgan fingerprint density at radius 3 is 2.47 bits per heavy atom. The van der Waals surface area contributed by atoms with Crippen LogP contribution in [0.2, 0.25) is 0 Å². The monoisotopic (exact) mass is 294 g/mol. The molecule has 3 nitrogen and oxygen atoms in total. The first-order valence-electron chi connectivity index (χ1n) is 5.98. The van der Waals surface area contributed by atoms with E-state index in [0.29, 0.717) is 0 Å². The van der Waals surface area contributed by atoms with E-state index < -0.39 is 0 Å². The van der Waals surface area contributed by atoms with Crippen LogP contribution in [-0.2, 0) is 4.84 Å². The van der Waals surface area contributed by atoms with Crippen molar-refractivity contribution in [1.82, 2.24) is 0 Å². The van der Waals surface area contributed by atoms with Gasteiger partial charge in [-0.05, 0) is 28.1 Å². The van der Waals surface area contributed by atoms with E-state index in [1.54, 1.807) is 0 Å². The van der Waals surface area contributed by atoms with Gasteiger partial charge in [-0.2, -0.15) is 0 Å². The number of oxime groups is 1. The summed E-state index contributed by atoms with van der Waals surface area (Å²) in [7, 11) is 0.